The van der Waals surface area contributed by atoms with Gasteiger partial charge >= 0.3 is 0 Å². The van der Waals surface area contributed by atoms with Crippen LogP contribution in [0.4, 0.5) is 0 Å². The highest BCUT2D eigenvalue weighted by molar-refractivity contribution is 7.11. The normalized spacial score (nSPS) is 16.2. The maximum absolute atomic E-state index is 2.37. The molecule has 0 bridgehead atoms. The van der Waals surface area contributed by atoms with Gasteiger partial charge in [-0.3, -0.25) is 4.90 Å². The van der Waals surface area contributed by atoms with Crippen LogP contribution in [-0.4, -0.2) is 18.5 Å². The Balaban J connectivity index is 2.06. The Morgan fingerprint density at radius 3 is 2.71 bits per heavy atom. The summed E-state index contributed by atoms with van der Waals surface area (Å²) in [4.78, 5) is 3.78. The van der Waals surface area contributed by atoms with Gasteiger partial charge in [0.25, 0.3) is 0 Å². The zero-order valence-corrected chi connectivity index (χ0v) is 10.7. The summed E-state index contributed by atoms with van der Waals surface area (Å²) < 4.78 is 0. The molecule has 0 amide bonds. The molecule has 2 heterocycles. The standard InChI is InChI=1S/C15H15NS/c1-16-10-13-7-8-17-15(13)9-14(11-16)12-5-3-2-4-6-12/h2-9H,10-11H2,1H3. The first-order valence-corrected chi connectivity index (χ1v) is 6.72. The van der Waals surface area contributed by atoms with Gasteiger partial charge < -0.3 is 0 Å². The third-order valence-corrected chi connectivity index (χ3v) is 4.02. The third-order valence-electron chi connectivity index (χ3n) is 3.11. The lowest BCUT2D eigenvalue weighted by molar-refractivity contribution is 0.371. The van der Waals surface area contributed by atoms with Crippen LogP contribution in [0.2, 0.25) is 0 Å². The first-order chi connectivity index (χ1) is 8.33. The Bertz CT molecular complexity index is 539. The fourth-order valence-corrected chi connectivity index (χ4v) is 3.15. The number of hydrogen-bond acceptors (Lipinski definition) is 2. The summed E-state index contributed by atoms with van der Waals surface area (Å²) in [5.41, 5.74) is 4.19. The molecule has 0 N–H and O–H groups in total. The fourth-order valence-electron chi connectivity index (χ4n) is 2.27. The van der Waals surface area contributed by atoms with E-state index in [1.807, 2.05) is 11.3 Å². The zero-order chi connectivity index (χ0) is 11.7. The van der Waals surface area contributed by atoms with Gasteiger partial charge in [0.2, 0.25) is 0 Å². The molecule has 0 radical (unpaired) electrons. The van der Waals surface area contributed by atoms with Crippen molar-refractivity contribution in [2.75, 3.05) is 13.6 Å². The number of nitrogens with zero attached hydrogens (tertiary/aromatic N) is 1. The first kappa shape index (κ1) is 10.8. The lowest BCUT2D eigenvalue weighted by Crippen LogP contribution is -2.18. The minimum atomic E-state index is 1.02. The minimum Gasteiger partial charge on any atom is -0.298 e. The van der Waals surface area contributed by atoms with Crippen LogP contribution in [0.1, 0.15) is 16.0 Å². The molecule has 1 aromatic carbocycles. The van der Waals surface area contributed by atoms with E-state index in [-0.39, 0.29) is 0 Å². The molecule has 17 heavy (non-hydrogen) atoms. The molecule has 1 aliphatic rings. The monoisotopic (exact) mass is 241 g/mol. The second kappa shape index (κ2) is 4.47. The quantitative estimate of drug-likeness (QED) is 0.735. The van der Waals surface area contributed by atoms with E-state index in [0.717, 1.165) is 13.1 Å². The average molecular weight is 241 g/mol. The molecule has 0 saturated heterocycles. The molecule has 3 rings (SSSR count). The Labute approximate surface area is 106 Å². The Morgan fingerprint density at radius 2 is 1.88 bits per heavy atom. The maximum Gasteiger partial charge on any atom is 0.0318 e. The van der Waals surface area contributed by atoms with Gasteiger partial charge in [0.15, 0.2) is 0 Å². The predicted molar refractivity (Wildman–Crippen MR) is 75.0 cm³/mol. The van der Waals surface area contributed by atoms with E-state index in [2.05, 4.69) is 59.8 Å². The SMILES string of the molecule is CN1CC(c2ccccc2)=Cc2sccc2C1. The molecule has 1 aliphatic heterocycles. The van der Waals surface area contributed by atoms with Crippen LogP contribution < -0.4 is 0 Å². The van der Waals surface area contributed by atoms with Gasteiger partial charge in [-0.1, -0.05) is 30.3 Å². The van der Waals surface area contributed by atoms with E-state index in [1.165, 1.54) is 21.6 Å². The summed E-state index contributed by atoms with van der Waals surface area (Å²) in [5.74, 6) is 0. The zero-order valence-electron chi connectivity index (χ0n) is 9.89. The van der Waals surface area contributed by atoms with Crippen LogP contribution in [0.25, 0.3) is 11.6 Å². The summed E-state index contributed by atoms with van der Waals surface area (Å²) in [5, 5.41) is 2.18. The largest absolute Gasteiger partial charge is 0.298 e. The van der Waals surface area contributed by atoms with Gasteiger partial charge in [-0.05, 0) is 41.3 Å². The molecule has 0 spiro atoms. The lowest BCUT2D eigenvalue weighted by Gasteiger charge is -2.15. The van der Waals surface area contributed by atoms with Crippen LogP contribution in [0.15, 0.2) is 41.8 Å². The van der Waals surface area contributed by atoms with E-state index in [4.69, 9.17) is 0 Å². The van der Waals surface area contributed by atoms with Crippen LogP contribution in [-0.2, 0) is 6.54 Å². The minimum absolute atomic E-state index is 1.02. The van der Waals surface area contributed by atoms with E-state index >= 15 is 0 Å². The molecule has 0 unspecified atom stereocenters. The molecule has 0 atom stereocenters. The lowest BCUT2D eigenvalue weighted by atomic mass is 10.1. The summed E-state index contributed by atoms with van der Waals surface area (Å²) in [7, 11) is 2.18. The highest BCUT2D eigenvalue weighted by Gasteiger charge is 2.14. The Kier molecular flexibility index (Phi) is 2.83. The summed E-state index contributed by atoms with van der Waals surface area (Å²) in [6, 6.07) is 12.9. The number of hydrogen-bond donors (Lipinski definition) is 0. The molecule has 2 aromatic rings. The molecular formula is C15H15NS. The van der Waals surface area contributed by atoms with Crippen molar-refractivity contribution >= 4 is 23.0 Å². The smallest absolute Gasteiger partial charge is 0.0318 e. The van der Waals surface area contributed by atoms with Gasteiger partial charge in [-0.15, -0.1) is 11.3 Å². The van der Waals surface area contributed by atoms with Gasteiger partial charge in [0, 0.05) is 18.0 Å². The topological polar surface area (TPSA) is 3.24 Å². The van der Waals surface area contributed by atoms with Gasteiger partial charge in [-0.25, -0.2) is 0 Å². The van der Waals surface area contributed by atoms with E-state index in [9.17, 15) is 0 Å². The molecule has 0 fully saturated rings. The van der Waals surface area contributed by atoms with Crippen LogP contribution in [0.3, 0.4) is 0 Å². The third kappa shape index (κ3) is 2.19. The van der Waals surface area contributed by atoms with Crippen LogP contribution in [0.5, 0.6) is 0 Å². The molecular weight excluding hydrogens is 226 g/mol. The van der Waals surface area contributed by atoms with Gasteiger partial charge in [-0.2, -0.15) is 0 Å². The number of fused-ring (bicyclic) bond motifs is 1. The number of rotatable bonds is 1. The average Bonchev–Trinajstić information content (AvgIpc) is 2.70. The molecule has 0 aliphatic carbocycles. The highest BCUT2D eigenvalue weighted by atomic mass is 32.1. The number of benzene rings is 1. The second-order valence-corrected chi connectivity index (χ2v) is 5.47. The highest BCUT2D eigenvalue weighted by Crippen LogP contribution is 2.28. The maximum atomic E-state index is 2.37. The molecule has 1 aromatic heterocycles. The van der Waals surface area contributed by atoms with Crippen molar-refractivity contribution < 1.29 is 0 Å². The molecule has 0 saturated carbocycles. The van der Waals surface area contributed by atoms with E-state index < -0.39 is 0 Å². The number of likely N-dealkylation sites (N-methyl/N-ethyl adjacent to an activating group) is 1. The molecule has 2 heteroatoms. The van der Waals surface area contributed by atoms with Gasteiger partial charge in [0.05, 0.1) is 0 Å². The van der Waals surface area contributed by atoms with Crippen molar-refractivity contribution in [1.29, 1.82) is 0 Å². The van der Waals surface area contributed by atoms with Crippen LogP contribution in [0, 0.1) is 0 Å². The summed E-state index contributed by atoms with van der Waals surface area (Å²) in [6.07, 6.45) is 2.35. The van der Waals surface area contributed by atoms with Crippen molar-refractivity contribution in [2.45, 2.75) is 6.54 Å². The van der Waals surface area contributed by atoms with Crippen molar-refractivity contribution in [3.05, 3.63) is 57.8 Å². The predicted octanol–water partition coefficient (Wildman–Crippen LogP) is 3.73. The van der Waals surface area contributed by atoms with Crippen LogP contribution >= 0.6 is 11.3 Å². The number of thiophene rings is 1. The van der Waals surface area contributed by atoms with Crippen molar-refractivity contribution in [2.24, 2.45) is 0 Å². The van der Waals surface area contributed by atoms with Crippen molar-refractivity contribution in [3.8, 4) is 0 Å². The Morgan fingerprint density at radius 1 is 1.06 bits per heavy atom. The van der Waals surface area contributed by atoms with E-state index in [0.29, 0.717) is 0 Å². The Hall–Kier alpha value is -1.38. The fraction of sp³-hybridized carbons (Fsp3) is 0.200. The second-order valence-electron chi connectivity index (χ2n) is 4.52. The molecule has 86 valence electrons. The molecule has 1 nitrogen and oxygen atoms in total. The first-order valence-electron chi connectivity index (χ1n) is 5.84. The summed E-state index contributed by atoms with van der Waals surface area (Å²) in [6.45, 7) is 2.07. The van der Waals surface area contributed by atoms with Crippen molar-refractivity contribution in [1.82, 2.24) is 4.90 Å². The van der Waals surface area contributed by atoms with Crippen molar-refractivity contribution in [3.63, 3.8) is 0 Å². The summed E-state index contributed by atoms with van der Waals surface area (Å²) >= 11 is 1.84. The van der Waals surface area contributed by atoms with Gasteiger partial charge in [0.1, 0.15) is 0 Å². The van der Waals surface area contributed by atoms with E-state index in [1.54, 1.807) is 0 Å².